The van der Waals surface area contributed by atoms with Gasteiger partial charge >= 0.3 is 0 Å². The van der Waals surface area contributed by atoms with E-state index in [-0.39, 0.29) is 23.8 Å². The Morgan fingerprint density at radius 3 is 2.65 bits per heavy atom. The first-order valence-electron chi connectivity index (χ1n) is 7.59. The summed E-state index contributed by atoms with van der Waals surface area (Å²) in [5.74, 6) is -1.26. The molecule has 4 nitrogen and oxygen atoms in total. The molecule has 0 fully saturated rings. The molecular weight excluding hydrogens is 300 g/mol. The van der Waals surface area contributed by atoms with Crippen LogP contribution in [0.2, 0.25) is 0 Å². The number of hydrogen-bond acceptors (Lipinski definition) is 3. The molecule has 0 amide bonds. The van der Waals surface area contributed by atoms with Crippen LogP contribution < -0.4 is 5.32 Å². The van der Waals surface area contributed by atoms with Crippen molar-refractivity contribution in [3.8, 4) is 5.69 Å². The highest BCUT2D eigenvalue weighted by atomic mass is 19.1. The average molecular weight is 323 g/mol. The number of benzene rings is 1. The van der Waals surface area contributed by atoms with E-state index in [0.29, 0.717) is 6.54 Å². The molecule has 1 aromatic heterocycles. The minimum atomic E-state index is -0.648. The number of hydrogen-bond donors (Lipinski definition) is 2. The summed E-state index contributed by atoms with van der Waals surface area (Å²) in [6, 6.07) is 3.44. The third-order valence-electron chi connectivity index (χ3n) is 3.97. The molecule has 0 aliphatic heterocycles. The molecular formula is C17H23F2N3O. The smallest absolute Gasteiger partial charge is 0.151 e. The molecule has 6 heteroatoms. The van der Waals surface area contributed by atoms with Crippen LogP contribution in [0.25, 0.3) is 5.69 Å². The van der Waals surface area contributed by atoms with Crippen molar-refractivity contribution in [2.75, 3.05) is 13.2 Å². The zero-order valence-electron chi connectivity index (χ0n) is 13.9. The average Bonchev–Trinajstić information content (AvgIpc) is 2.87. The molecule has 1 aromatic carbocycles. The maximum absolute atomic E-state index is 13.9. The number of halogens is 2. The fraction of sp³-hybridized carbons (Fsp3) is 0.471. The van der Waals surface area contributed by atoms with Gasteiger partial charge in [-0.3, -0.25) is 0 Å². The first kappa shape index (κ1) is 17.6. The molecule has 126 valence electrons. The molecule has 0 saturated carbocycles. The minimum absolute atomic E-state index is 0.00177. The third kappa shape index (κ3) is 3.95. The van der Waals surface area contributed by atoms with Gasteiger partial charge in [0, 0.05) is 41.9 Å². The molecule has 1 atom stereocenters. The van der Waals surface area contributed by atoms with Crippen LogP contribution in [0.4, 0.5) is 8.78 Å². The largest absolute Gasteiger partial charge is 0.396 e. The molecule has 0 spiro atoms. The van der Waals surface area contributed by atoms with Gasteiger partial charge in [0.15, 0.2) is 5.82 Å². The number of aromatic nitrogens is 2. The summed E-state index contributed by atoms with van der Waals surface area (Å²) >= 11 is 0. The van der Waals surface area contributed by atoms with Gasteiger partial charge in [0.1, 0.15) is 11.5 Å². The van der Waals surface area contributed by atoms with Crippen molar-refractivity contribution >= 4 is 0 Å². The highest BCUT2D eigenvalue weighted by molar-refractivity contribution is 5.37. The number of nitrogens with one attached hydrogen (secondary N) is 1. The summed E-state index contributed by atoms with van der Waals surface area (Å²) in [6.07, 6.45) is 1.68. The number of rotatable bonds is 6. The molecule has 0 radical (unpaired) electrons. The number of aliphatic hydroxyl groups excluding tert-OH is 1. The second-order valence-electron chi connectivity index (χ2n) is 6.62. The SMILES string of the molecule is Cc1c([C@H](C)NCC(C)(C)CO)cnn1-c1ccc(F)cc1F. The summed E-state index contributed by atoms with van der Waals surface area (Å²) < 4.78 is 28.4. The summed E-state index contributed by atoms with van der Waals surface area (Å²) in [4.78, 5) is 0. The second kappa shape index (κ2) is 6.76. The Hall–Kier alpha value is -1.79. The molecule has 23 heavy (non-hydrogen) atoms. The van der Waals surface area contributed by atoms with E-state index in [4.69, 9.17) is 0 Å². The third-order valence-corrected chi connectivity index (χ3v) is 3.97. The van der Waals surface area contributed by atoms with Gasteiger partial charge in [-0.05, 0) is 26.0 Å². The Morgan fingerprint density at radius 2 is 2.04 bits per heavy atom. The highest BCUT2D eigenvalue weighted by Gasteiger charge is 2.20. The molecule has 2 aromatic rings. The van der Waals surface area contributed by atoms with Crippen molar-refractivity contribution in [3.63, 3.8) is 0 Å². The number of aliphatic hydroxyl groups is 1. The van der Waals surface area contributed by atoms with E-state index in [1.54, 1.807) is 6.20 Å². The number of nitrogens with zero attached hydrogens (tertiary/aromatic N) is 2. The molecule has 2 N–H and O–H groups in total. The van der Waals surface area contributed by atoms with Crippen LogP contribution in [-0.4, -0.2) is 28.0 Å². The zero-order chi connectivity index (χ0) is 17.2. The molecule has 0 bridgehead atoms. The van der Waals surface area contributed by atoms with Crippen LogP contribution in [0.3, 0.4) is 0 Å². The standard InChI is InChI=1S/C17H23F2N3O/c1-11(20-9-17(3,4)10-23)14-8-21-22(12(14)2)16-6-5-13(18)7-15(16)19/h5-8,11,20,23H,9-10H2,1-4H3/t11-/m0/s1. The normalized spacial score (nSPS) is 13.3. The predicted octanol–water partition coefficient (Wildman–Crippen LogP) is 3.13. The quantitative estimate of drug-likeness (QED) is 0.859. The Kier molecular flexibility index (Phi) is 5.16. The fourth-order valence-electron chi connectivity index (χ4n) is 2.34. The van der Waals surface area contributed by atoms with Gasteiger partial charge in [0.2, 0.25) is 0 Å². The summed E-state index contributed by atoms with van der Waals surface area (Å²) in [6.45, 7) is 8.50. The molecule has 0 unspecified atom stereocenters. The van der Waals surface area contributed by atoms with Crippen molar-refractivity contribution in [1.29, 1.82) is 0 Å². The van der Waals surface area contributed by atoms with Gasteiger partial charge in [0.05, 0.1) is 6.20 Å². The van der Waals surface area contributed by atoms with Crippen LogP contribution in [0.15, 0.2) is 24.4 Å². The minimum Gasteiger partial charge on any atom is -0.396 e. The Balaban J connectivity index is 2.22. The molecule has 1 heterocycles. The van der Waals surface area contributed by atoms with Gasteiger partial charge in [-0.15, -0.1) is 0 Å². The zero-order valence-corrected chi connectivity index (χ0v) is 13.9. The van der Waals surface area contributed by atoms with Crippen molar-refractivity contribution in [3.05, 3.63) is 47.3 Å². The molecule has 0 saturated heterocycles. The van der Waals surface area contributed by atoms with Crippen LogP contribution in [0.1, 0.15) is 38.1 Å². The monoisotopic (exact) mass is 323 g/mol. The first-order chi connectivity index (χ1) is 10.7. The maximum atomic E-state index is 13.9. The summed E-state index contributed by atoms with van der Waals surface area (Å²) in [7, 11) is 0. The fourth-order valence-corrected chi connectivity index (χ4v) is 2.34. The van der Waals surface area contributed by atoms with Gasteiger partial charge in [-0.1, -0.05) is 13.8 Å². The second-order valence-corrected chi connectivity index (χ2v) is 6.62. The topological polar surface area (TPSA) is 50.1 Å². The van der Waals surface area contributed by atoms with E-state index in [1.165, 1.54) is 16.8 Å². The van der Waals surface area contributed by atoms with E-state index in [0.717, 1.165) is 17.3 Å². The van der Waals surface area contributed by atoms with Crippen molar-refractivity contribution in [2.45, 2.75) is 33.7 Å². The van der Waals surface area contributed by atoms with E-state index in [2.05, 4.69) is 10.4 Å². The van der Waals surface area contributed by atoms with Crippen molar-refractivity contribution in [1.82, 2.24) is 15.1 Å². The predicted molar refractivity (Wildman–Crippen MR) is 85.5 cm³/mol. The van der Waals surface area contributed by atoms with Crippen LogP contribution in [0.5, 0.6) is 0 Å². The van der Waals surface area contributed by atoms with Gasteiger partial charge in [-0.25, -0.2) is 13.5 Å². The van der Waals surface area contributed by atoms with E-state index in [9.17, 15) is 13.9 Å². The Morgan fingerprint density at radius 1 is 1.35 bits per heavy atom. The van der Waals surface area contributed by atoms with Crippen LogP contribution in [0, 0.1) is 24.0 Å². The van der Waals surface area contributed by atoms with Crippen molar-refractivity contribution < 1.29 is 13.9 Å². The van der Waals surface area contributed by atoms with Crippen LogP contribution >= 0.6 is 0 Å². The lowest BCUT2D eigenvalue weighted by Gasteiger charge is -2.25. The highest BCUT2D eigenvalue weighted by Crippen LogP contribution is 2.23. The molecule has 0 aliphatic carbocycles. The summed E-state index contributed by atoms with van der Waals surface area (Å²) in [5.41, 5.74) is 1.72. The maximum Gasteiger partial charge on any atom is 0.151 e. The lowest BCUT2D eigenvalue weighted by atomic mass is 9.94. The lowest BCUT2D eigenvalue weighted by Crippen LogP contribution is -2.33. The first-order valence-corrected chi connectivity index (χ1v) is 7.59. The Labute approximate surface area is 135 Å². The van der Waals surface area contributed by atoms with Crippen molar-refractivity contribution in [2.24, 2.45) is 5.41 Å². The summed E-state index contributed by atoms with van der Waals surface area (Å²) in [5, 5.41) is 16.9. The molecule has 2 rings (SSSR count). The van der Waals surface area contributed by atoms with E-state index >= 15 is 0 Å². The van der Waals surface area contributed by atoms with E-state index in [1.807, 2.05) is 27.7 Å². The van der Waals surface area contributed by atoms with Crippen LogP contribution in [-0.2, 0) is 0 Å². The van der Waals surface area contributed by atoms with Gasteiger partial charge in [0.25, 0.3) is 0 Å². The molecule has 0 aliphatic rings. The Bertz CT molecular complexity index is 682. The lowest BCUT2D eigenvalue weighted by molar-refractivity contribution is 0.154. The van der Waals surface area contributed by atoms with E-state index < -0.39 is 11.6 Å². The van der Waals surface area contributed by atoms with Gasteiger partial charge < -0.3 is 10.4 Å². The van der Waals surface area contributed by atoms with Gasteiger partial charge in [-0.2, -0.15) is 5.10 Å².